The number of thiazole rings is 1. The number of benzene rings is 2. The first-order valence-electron chi connectivity index (χ1n) is 21.4. The highest BCUT2D eigenvalue weighted by Crippen LogP contribution is 2.45. The van der Waals surface area contributed by atoms with Gasteiger partial charge >= 0.3 is 12.1 Å². The van der Waals surface area contributed by atoms with Gasteiger partial charge in [0.15, 0.2) is 5.13 Å². The molecule has 356 valence electrons. The normalized spacial score (nSPS) is 19.3. The number of hydrogen-bond acceptors (Lipinski definition) is 16. The molecule has 2 aromatic carbocycles. The van der Waals surface area contributed by atoms with Crippen LogP contribution in [0.25, 0.3) is 22.3 Å². The third-order valence-corrected chi connectivity index (χ3v) is 12.7. The van der Waals surface area contributed by atoms with Gasteiger partial charge in [-0.25, -0.2) is 27.9 Å². The number of nitrogens with one attached hydrogen (secondary N) is 4. The first-order chi connectivity index (χ1) is 31.3. The van der Waals surface area contributed by atoms with Gasteiger partial charge in [-0.05, 0) is 65.3 Å². The molecule has 1 aliphatic carbocycles. The van der Waals surface area contributed by atoms with Crippen molar-refractivity contribution < 1.29 is 56.4 Å². The molecule has 2 aromatic heterocycles. The lowest BCUT2D eigenvalue weighted by atomic mass is 10.1. The van der Waals surface area contributed by atoms with Gasteiger partial charge in [0.1, 0.15) is 45.4 Å². The number of fused-ring (bicyclic) bond motifs is 1. The van der Waals surface area contributed by atoms with Crippen LogP contribution in [0.5, 0.6) is 11.5 Å². The van der Waals surface area contributed by atoms with Gasteiger partial charge in [-0.15, -0.1) is 17.9 Å². The lowest BCUT2D eigenvalue weighted by Gasteiger charge is -2.29. The van der Waals surface area contributed by atoms with Gasteiger partial charge in [-0.2, -0.15) is 0 Å². The second-order valence-corrected chi connectivity index (χ2v) is 19.6. The Morgan fingerprint density at radius 1 is 1.03 bits per heavy atom. The molecule has 0 spiro atoms. The van der Waals surface area contributed by atoms with Crippen molar-refractivity contribution in [1.82, 2.24) is 24.9 Å². The third-order valence-electron chi connectivity index (χ3n) is 10.5. The van der Waals surface area contributed by atoms with Gasteiger partial charge in [-0.3, -0.25) is 19.3 Å². The highest BCUT2D eigenvalue weighted by Gasteiger charge is 2.61. The Bertz CT molecular complexity index is 2530. The monoisotopic (exact) mass is 951 g/mol. The molecule has 3 heterocycles. The number of carboxylic acids is 1. The summed E-state index contributed by atoms with van der Waals surface area (Å²) in [5.74, 6) is -2.27. The zero-order valence-corrected chi connectivity index (χ0v) is 39.4. The third kappa shape index (κ3) is 12.4. The molecule has 1 saturated carbocycles. The quantitative estimate of drug-likeness (QED) is 0.0487. The topological polar surface area (TPSA) is 246 Å². The number of para-hydroxylation sites is 1. The number of methoxy groups -OCH3 is 1. The summed E-state index contributed by atoms with van der Waals surface area (Å²) in [6, 6.07) is 12.1. The second-order valence-electron chi connectivity index (χ2n) is 17.1. The number of likely N-dealkylation sites (tertiary alicyclic amines) is 1. The SMILES string of the molecule is C=CC1CC1(NC(=O)[C@@H]1C[C@@H](Oc2cc(-c3csc(NC(C)C)n3)nc3cc(OC)ccc23)CN1C(=O)OC(C)(C)C)C(=O)NS(=O)(=O)c1ccccc1NCCOCCOCCC(=O)O. The summed E-state index contributed by atoms with van der Waals surface area (Å²) in [6.07, 6.45) is -0.118. The van der Waals surface area contributed by atoms with Crippen molar-refractivity contribution in [2.75, 3.05) is 57.3 Å². The van der Waals surface area contributed by atoms with Crippen molar-refractivity contribution in [2.45, 2.75) is 88.1 Å². The first kappa shape index (κ1) is 49.4. The number of nitrogens with zero attached hydrogens (tertiary/aromatic N) is 3. The average molecular weight is 952 g/mol. The van der Waals surface area contributed by atoms with Crippen molar-refractivity contribution in [3.63, 3.8) is 0 Å². The van der Waals surface area contributed by atoms with Crippen LogP contribution in [0.15, 0.2) is 71.5 Å². The van der Waals surface area contributed by atoms with Crippen LogP contribution in [0.2, 0.25) is 0 Å². The summed E-state index contributed by atoms with van der Waals surface area (Å²) >= 11 is 1.44. The number of amides is 3. The second kappa shape index (κ2) is 21.1. The lowest BCUT2D eigenvalue weighted by Crippen LogP contribution is -2.56. The van der Waals surface area contributed by atoms with Crippen molar-refractivity contribution >= 4 is 67.0 Å². The molecule has 0 radical (unpaired) electrons. The van der Waals surface area contributed by atoms with Crippen LogP contribution in [0, 0.1) is 5.92 Å². The Morgan fingerprint density at radius 3 is 2.45 bits per heavy atom. The number of rotatable bonds is 22. The van der Waals surface area contributed by atoms with Gasteiger partial charge in [-0.1, -0.05) is 18.2 Å². The van der Waals surface area contributed by atoms with Gasteiger partial charge < -0.3 is 44.7 Å². The van der Waals surface area contributed by atoms with E-state index in [2.05, 4.69) is 27.3 Å². The Morgan fingerprint density at radius 2 is 1.77 bits per heavy atom. The molecular formula is C45H57N7O12S2. The van der Waals surface area contributed by atoms with E-state index in [4.69, 9.17) is 38.8 Å². The van der Waals surface area contributed by atoms with Crippen LogP contribution >= 0.6 is 11.3 Å². The van der Waals surface area contributed by atoms with Crippen LogP contribution in [0.3, 0.4) is 0 Å². The van der Waals surface area contributed by atoms with Crippen LogP contribution in [-0.4, -0.2) is 128 Å². The summed E-state index contributed by atoms with van der Waals surface area (Å²) in [4.78, 5) is 63.6. The molecule has 2 fully saturated rings. The number of pyridine rings is 1. The van der Waals surface area contributed by atoms with E-state index < -0.39 is 63.1 Å². The van der Waals surface area contributed by atoms with E-state index in [1.165, 1.54) is 40.5 Å². The standard InChI is InChI=1S/C45H57N7O12S2/c1-8-28-24-45(28,41(56)51-66(58,59)38-12-10-9-11-32(38)46-16-18-62-20-19-61-17-15-39(53)54)50-40(55)36-22-30(25-52(36)43(57)64-44(4,5)6)63-37-23-34(35-26-65-42(49-35)47-27(2)3)48-33-21-29(60-7)13-14-31(33)37/h8-14,21,23,26-28,30,36,46H,1,15-20,22,24-25H2,2-7H3,(H,47,49)(H,50,55)(H,51,56)(H,53,54)/t28?,30-,36+,45?/m1/s1. The fraction of sp³-hybridized carbons (Fsp3) is 0.467. The van der Waals surface area contributed by atoms with E-state index in [1.807, 2.05) is 25.3 Å². The number of anilines is 2. The Hall–Kier alpha value is -6.03. The van der Waals surface area contributed by atoms with E-state index in [0.717, 1.165) is 5.13 Å². The molecule has 1 saturated heterocycles. The van der Waals surface area contributed by atoms with Crippen LogP contribution in [0.4, 0.5) is 15.6 Å². The van der Waals surface area contributed by atoms with Crippen molar-refractivity contribution in [2.24, 2.45) is 5.92 Å². The molecule has 19 nitrogen and oxygen atoms in total. The van der Waals surface area contributed by atoms with Crippen LogP contribution < -0.4 is 30.1 Å². The number of sulfonamides is 1. The van der Waals surface area contributed by atoms with Crippen LogP contribution in [0.1, 0.15) is 53.9 Å². The van der Waals surface area contributed by atoms with Gasteiger partial charge in [0.2, 0.25) is 5.91 Å². The Balaban J connectivity index is 1.19. The summed E-state index contributed by atoms with van der Waals surface area (Å²) in [5.41, 5.74) is -0.698. The van der Waals surface area contributed by atoms with Gasteiger partial charge in [0, 0.05) is 47.8 Å². The van der Waals surface area contributed by atoms with E-state index in [1.54, 1.807) is 52.1 Å². The maximum Gasteiger partial charge on any atom is 0.411 e. The molecule has 4 aromatic rings. The minimum Gasteiger partial charge on any atom is -0.497 e. The molecule has 3 amide bonds. The smallest absolute Gasteiger partial charge is 0.411 e. The van der Waals surface area contributed by atoms with E-state index in [9.17, 15) is 27.6 Å². The lowest BCUT2D eigenvalue weighted by molar-refractivity contribution is -0.138. The molecule has 66 heavy (non-hydrogen) atoms. The summed E-state index contributed by atoms with van der Waals surface area (Å²) in [5, 5.41) is 21.1. The minimum atomic E-state index is -4.50. The number of carboxylic acid groups (broad SMARTS) is 1. The number of ether oxygens (including phenoxy) is 5. The minimum absolute atomic E-state index is 0.00516. The van der Waals surface area contributed by atoms with E-state index in [0.29, 0.717) is 33.8 Å². The number of aliphatic carboxylic acids is 1. The predicted molar refractivity (Wildman–Crippen MR) is 247 cm³/mol. The maximum absolute atomic E-state index is 14.4. The number of carbonyl (C=O) groups is 4. The molecule has 1 aliphatic heterocycles. The number of carbonyl (C=O) groups excluding carboxylic acids is 3. The van der Waals surface area contributed by atoms with Crippen molar-refractivity contribution in [1.29, 1.82) is 0 Å². The van der Waals surface area contributed by atoms with E-state index >= 15 is 0 Å². The molecule has 0 bridgehead atoms. The van der Waals surface area contributed by atoms with Gasteiger partial charge in [0.05, 0.1) is 63.4 Å². The molecule has 6 rings (SSSR count). The zero-order chi connectivity index (χ0) is 47.8. The summed E-state index contributed by atoms with van der Waals surface area (Å²) < 4.78 is 58.4. The molecule has 2 unspecified atom stereocenters. The summed E-state index contributed by atoms with van der Waals surface area (Å²) in [7, 11) is -2.95. The fourth-order valence-corrected chi connectivity index (χ4v) is 9.34. The largest absolute Gasteiger partial charge is 0.497 e. The number of aromatic nitrogens is 2. The molecule has 4 atom stereocenters. The highest BCUT2D eigenvalue weighted by molar-refractivity contribution is 7.90. The fourth-order valence-electron chi connectivity index (χ4n) is 7.26. The number of hydrogen-bond donors (Lipinski definition) is 5. The maximum atomic E-state index is 14.4. The molecule has 21 heteroatoms. The summed E-state index contributed by atoms with van der Waals surface area (Å²) in [6.45, 7) is 13.7. The molecular weight excluding hydrogens is 895 g/mol. The molecule has 5 N–H and O–H groups in total. The van der Waals surface area contributed by atoms with Crippen molar-refractivity contribution in [3.8, 4) is 22.9 Å². The molecule has 2 aliphatic rings. The first-order valence-corrected chi connectivity index (χ1v) is 23.8. The van der Waals surface area contributed by atoms with Gasteiger partial charge in [0.25, 0.3) is 15.9 Å². The average Bonchev–Trinajstić information content (AvgIpc) is 3.51. The van der Waals surface area contributed by atoms with Crippen molar-refractivity contribution in [3.05, 3.63) is 66.6 Å². The Labute approximate surface area is 387 Å². The van der Waals surface area contributed by atoms with Crippen LogP contribution in [-0.2, 0) is 38.6 Å². The zero-order valence-electron chi connectivity index (χ0n) is 37.8. The van der Waals surface area contributed by atoms with E-state index in [-0.39, 0.29) is 75.4 Å². The Kier molecular flexibility index (Phi) is 15.8. The highest BCUT2D eigenvalue weighted by atomic mass is 32.2. The predicted octanol–water partition coefficient (Wildman–Crippen LogP) is 5.43.